The molecular formula is C12H16BrCl2NO2S2. The molecule has 0 unspecified atom stereocenters. The summed E-state index contributed by atoms with van der Waals surface area (Å²) in [5.74, 6) is 0.917. The third-order valence-corrected chi connectivity index (χ3v) is 8.76. The third kappa shape index (κ3) is 3.70. The summed E-state index contributed by atoms with van der Waals surface area (Å²) in [6.07, 6.45) is 3.53. The van der Waals surface area contributed by atoms with Crippen LogP contribution in [-0.4, -0.2) is 19.8 Å². The maximum atomic E-state index is 12.5. The zero-order chi connectivity index (χ0) is 15.0. The molecule has 0 bridgehead atoms. The number of nitrogens with one attached hydrogen (secondary N) is 1. The minimum Gasteiger partial charge on any atom is -0.206 e. The second-order valence-electron chi connectivity index (χ2n) is 5.39. The molecule has 1 aliphatic carbocycles. The van der Waals surface area contributed by atoms with Gasteiger partial charge in [0, 0.05) is 11.4 Å². The Morgan fingerprint density at radius 3 is 2.55 bits per heavy atom. The Bertz CT molecular complexity index is 561. The van der Waals surface area contributed by atoms with Crippen molar-refractivity contribution in [2.75, 3.05) is 5.88 Å². The van der Waals surface area contributed by atoms with Crippen LogP contribution < -0.4 is 4.72 Å². The second kappa shape index (κ2) is 6.42. The number of sulfonamides is 1. The van der Waals surface area contributed by atoms with Crippen molar-refractivity contribution in [3.8, 4) is 0 Å². The molecule has 0 radical (unpaired) electrons. The maximum absolute atomic E-state index is 12.5. The third-order valence-electron chi connectivity index (χ3n) is 3.73. The molecule has 0 spiro atoms. The first-order valence-corrected chi connectivity index (χ1v) is 10.3. The van der Waals surface area contributed by atoms with E-state index in [4.69, 9.17) is 23.2 Å². The zero-order valence-electron chi connectivity index (χ0n) is 11.0. The van der Waals surface area contributed by atoms with Crippen molar-refractivity contribution in [2.24, 2.45) is 5.92 Å². The smallest absolute Gasteiger partial charge is 0.206 e. The van der Waals surface area contributed by atoms with Crippen LogP contribution in [0.3, 0.4) is 0 Å². The highest BCUT2D eigenvalue weighted by Gasteiger charge is 2.38. The van der Waals surface area contributed by atoms with Gasteiger partial charge in [0.05, 0.1) is 8.81 Å². The monoisotopic (exact) mass is 419 g/mol. The van der Waals surface area contributed by atoms with E-state index in [1.54, 1.807) is 0 Å². The van der Waals surface area contributed by atoms with E-state index in [9.17, 15) is 8.42 Å². The minimum absolute atomic E-state index is 0.220. The van der Waals surface area contributed by atoms with Gasteiger partial charge in [0.2, 0.25) is 0 Å². The van der Waals surface area contributed by atoms with Crippen molar-refractivity contribution in [1.29, 1.82) is 0 Å². The van der Waals surface area contributed by atoms with Gasteiger partial charge in [-0.05, 0) is 53.6 Å². The lowest BCUT2D eigenvalue weighted by atomic mass is 9.79. The summed E-state index contributed by atoms with van der Waals surface area (Å²) < 4.78 is 28.6. The topological polar surface area (TPSA) is 46.2 Å². The first kappa shape index (κ1) is 17.0. The molecule has 114 valence electrons. The van der Waals surface area contributed by atoms with Gasteiger partial charge in [-0.2, -0.15) is 0 Å². The maximum Gasteiger partial charge on any atom is 0.250 e. The molecule has 2 rings (SSSR count). The first-order valence-electron chi connectivity index (χ1n) is 6.33. The number of halogens is 3. The summed E-state index contributed by atoms with van der Waals surface area (Å²) in [6, 6.07) is 1.46. The molecule has 1 aromatic heterocycles. The summed E-state index contributed by atoms with van der Waals surface area (Å²) in [4.78, 5) is 0. The number of hydrogen-bond acceptors (Lipinski definition) is 3. The lowest BCUT2D eigenvalue weighted by Crippen LogP contribution is -2.51. The molecule has 0 aliphatic heterocycles. The van der Waals surface area contributed by atoms with Gasteiger partial charge < -0.3 is 0 Å². The van der Waals surface area contributed by atoms with Crippen molar-refractivity contribution < 1.29 is 8.42 Å². The van der Waals surface area contributed by atoms with Crippen LogP contribution in [0, 0.1) is 5.92 Å². The lowest BCUT2D eigenvalue weighted by molar-refractivity contribution is 0.247. The highest BCUT2D eigenvalue weighted by molar-refractivity contribution is 9.11. The second-order valence-corrected chi connectivity index (χ2v) is 10.3. The minimum atomic E-state index is -3.58. The summed E-state index contributed by atoms with van der Waals surface area (Å²) in [7, 11) is -3.58. The lowest BCUT2D eigenvalue weighted by Gasteiger charge is -2.38. The van der Waals surface area contributed by atoms with Gasteiger partial charge >= 0.3 is 0 Å². The molecule has 1 saturated carbocycles. The van der Waals surface area contributed by atoms with Crippen LogP contribution >= 0.6 is 50.5 Å². The highest BCUT2D eigenvalue weighted by Crippen LogP contribution is 2.37. The first-order chi connectivity index (χ1) is 9.28. The van der Waals surface area contributed by atoms with Gasteiger partial charge in [-0.15, -0.1) is 22.9 Å². The van der Waals surface area contributed by atoms with Crippen molar-refractivity contribution in [2.45, 2.75) is 42.4 Å². The van der Waals surface area contributed by atoms with Crippen molar-refractivity contribution >= 4 is 60.5 Å². The van der Waals surface area contributed by atoms with Gasteiger partial charge in [0.15, 0.2) is 0 Å². The quantitative estimate of drug-likeness (QED) is 0.721. The normalized spacial score (nSPS) is 27.7. The summed E-state index contributed by atoms with van der Waals surface area (Å²) in [6.45, 7) is 2.18. The summed E-state index contributed by atoms with van der Waals surface area (Å²) in [5, 5.41) is 0.410. The Balaban J connectivity index is 2.22. The molecule has 3 nitrogen and oxygen atoms in total. The molecule has 1 N–H and O–H groups in total. The molecular weight excluding hydrogens is 405 g/mol. The van der Waals surface area contributed by atoms with E-state index >= 15 is 0 Å². The van der Waals surface area contributed by atoms with E-state index in [0.29, 0.717) is 20.6 Å². The van der Waals surface area contributed by atoms with Crippen LogP contribution in [-0.2, 0) is 10.0 Å². The fraction of sp³-hybridized carbons (Fsp3) is 0.667. The van der Waals surface area contributed by atoms with Crippen LogP contribution in [0.25, 0.3) is 0 Å². The molecule has 0 atom stereocenters. The van der Waals surface area contributed by atoms with Crippen molar-refractivity contribution in [1.82, 2.24) is 4.72 Å². The summed E-state index contributed by atoms with van der Waals surface area (Å²) in [5.41, 5.74) is -0.532. The number of thiophene rings is 1. The SMILES string of the molecule is CC1CCC(CCl)(NS(=O)(=O)c2cc(Cl)c(Br)s2)CC1. The molecule has 0 saturated heterocycles. The van der Waals surface area contributed by atoms with Crippen molar-refractivity contribution in [3.63, 3.8) is 0 Å². The Morgan fingerprint density at radius 2 is 2.10 bits per heavy atom. The van der Waals surface area contributed by atoms with Gasteiger partial charge in [0.1, 0.15) is 4.21 Å². The molecule has 20 heavy (non-hydrogen) atoms. The van der Waals surface area contributed by atoms with E-state index in [2.05, 4.69) is 27.6 Å². The van der Waals surface area contributed by atoms with E-state index in [0.717, 1.165) is 37.0 Å². The molecule has 1 heterocycles. The van der Waals surface area contributed by atoms with Gasteiger partial charge in [0.25, 0.3) is 10.0 Å². The molecule has 0 amide bonds. The van der Waals surface area contributed by atoms with E-state index < -0.39 is 15.6 Å². The van der Waals surface area contributed by atoms with Crippen LogP contribution in [0.1, 0.15) is 32.6 Å². The Kier molecular flexibility index (Phi) is 5.47. The predicted molar refractivity (Wildman–Crippen MR) is 88.4 cm³/mol. The van der Waals surface area contributed by atoms with Gasteiger partial charge in [-0.3, -0.25) is 0 Å². The highest BCUT2D eigenvalue weighted by atomic mass is 79.9. The number of alkyl halides is 1. The Labute approximate surface area is 142 Å². The van der Waals surface area contributed by atoms with E-state index in [-0.39, 0.29) is 4.21 Å². The molecule has 1 aliphatic rings. The van der Waals surface area contributed by atoms with Crippen molar-refractivity contribution in [3.05, 3.63) is 14.9 Å². The fourth-order valence-electron chi connectivity index (χ4n) is 2.37. The Morgan fingerprint density at radius 1 is 1.50 bits per heavy atom. The standard InChI is InChI=1S/C12H16BrCl2NO2S2/c1-8-2-4-12(7-14,5-3-8)16-20(17,18)10-6-9(15)11(13)19-10/h6,8,16H,2-5,7H2,1H3. The van der Waals surface area contributed by atoms with Gasteiger partial charge in [-0.1, -0.05) is 18.5 Å². The Hall–Kier alpha value is 0.670. The molecule has 1 fully saturated rings. The largest absolute Gasteiger partial charge is 0.250 e. The van der Waals surface area contributed by atoms with Gasteiger partial charge in [-0.25, -0.2) is 13.1 Å². The number of hydrogen-bond donors (Lipinski definition) is 1. The van der Waals surface area contributed by atoms with Crippen LogP contribution in [0.2, 0.25) is 5.02 Å². The number of rotatable bonds is 4. The fourth-order valence-corrected chi connectivity index (χ4v) is 6.64. The molecule has 0 aromatic carbocycles. The van der Waals surface area contributed by atoms with Crippen LogP contribution in [0.5, 0.6) is 0 Å². The average molecular weight is 421 g/mol. The molecule has 8 heteroatoms. The van der Waals surface area contributed by atoms with Crippen LogP contribution in [0.15, 0.2) is 14.1 Å². The predicted octanol–water partition coefficient (Wildman–Crippen LogP) is 4.63. The zero-order valence-corrected chi connectivity index (χ0v) is 15.7. The molecule has 1 aromatic rings. The van der Waals surface area contributed by atoms with E-state index in [1.165, 1.54) is 6.07 Å². The van der Waals surface area contributed by atoms with E-state index in [1.807, 2.05) is 0 Å². The summed E-state index contributed by atoms with van der Waals surface area (Å²) >= 11 is 16.3. The van der Waals surface area contributed by atoms with Crippen LogP contribution in [0.4, 0.5) is 0 Å². The average Bonchev–Trinajstić information content (AvgIpc) is 2.74.